The number of amides is 2. The third-order valence-corrected chi connectivity index (χ3v) is 4.33. The lowest BCUT2D eigenvalue weighted by Gasteiger charge is -2.08. The van der Waals surface area contributed by atoms with Crippen molar-refractivity contribution in [3.8, 4) is 22.4 Å². The van der Waals surface area contributed by atoms with Crippen LogP contribution in [0.2, 0.25) is 0 Å². The van der Waals surface area contributed by atoms with Crippen LogP contribution in [0.4, 0.5) is 0 Å². The number of hydrogen-bond donors (Lipinski definition) is 2. The van der Waals surface area contributed by atoms with Crippen molar-refractivity contribution in [2.45, 2.75) is 0 Å². The normalized spacial score (nSPS) is 9.89. The number of para-hydroxylation sites is 1. The van der Waals surface area contributed by atoms with Gasteiger partial charge in [0.2, 0.25) is 0 Å². The monoisotopic (exact) mass is 378 g/mol. The molecular formula is C19H14N4O3S. The molecule has 1 heterocycles. The minimum Gasteiger partial charge on any atom is -0.482 e. The van der Waals surface area contributed by atoms with Gasteiger partial charge in [0.1, 0.15) is 22.5 Å². The maximum Gasteiger partial charge on any atom is 0.289 e. The van der Waals surface area contributed by atoms with Gasteiger partial charge in [0.25, 0.3) is 11.8 Å². The van der Waals surface area contributed by atoms with Crippen molar-refractivity contribution >= 4 is 23.2 Å². The zero-order valence-electron chi connectivity index (χ0n) is 14.0. The van der Waals surface area contributed by atoms with Crippen molar-refractivity contribution in [3.05, 3.63) is 71.2 Å². The van der Waals surface area contributed by atoms with Gasteiger partial charge in [-0.25, -0.2) is 4.98 Å². The Morgan fingerprint density at radius 1 is 1.07 bits per heavy atom. The fourth-order valence-corrected chi connectivity index (χ4v) is 2.95. The molecule has 2 aromatic carbocycles. The molecule has 0 atom stereocenters. The van der Waals surface area contributed by atoms with Gasteiger partial charge in [0, 0.05) is 10.9 Å². The van der Waals surface area contributed by atoms with Gasteiger partial charge >= 0.3 is 0 Å². The summed E-state index contributed by atoms with van der Waals surface area (Å²) >= 11 is 1.34. The van der Waals surface area contributed by atoms with Gasteiger partial charge in [-0.05, 0) is 12.1 Å². The van der Waals surface area contributed by atoms with E-state index in [0.29, 0.717) is 16.3 Å². The second-order valence-electron chi connectivity index (χ2n) is 5.30. The van der Waals surface area contributed by atoms with Crippen LogP contribution in [0, 0.1) is 11.3 Å². The Bertz CT molecular complexity index is 995. The molecule has 8 heteroatoms. The average molecular weight is 378 g/mol. The van der Waals surface area contributed by atoms with E-state index in [4.69, 9.17) is 10.00 Å². The summed E-state index contributed by atoms with van der Waals surface area (Å²) in [5.74, 6) is -0.790. The lowest BCUT2D eigenvalue weighted by Crippen LogP contribution is -2.44. The summed E-state index contributed by atoms with van der Waals surface area (Å²) in [6.45, 7) is -0.342. The fourth-order valence-electron chi connectivity index (χ4n) is 2.15. The molecule has 2 amide bonds. The van der Waals surface area contributed by atoms with E-state index in [-0.39, 0.29) is 12.3 Å². The van der Waals surface area contributed by atoms with Crippen molar-refractivity contribution in [1.82, 2.24) is 15.8 Å². The van der Waals surface area contributed by atoms with Gasteiger partial charge in [-0.1, -0.05) is 42.5 Å². The molecule has 0 aliphatic heterocycles. The second kappa shape index (κ2) is 8.60. The molecule has 0 radical (unpaired) electrons. The molecule has 0 unspecified atom stereocenters. The first-order chi connectivity index (χ1) is 13.2. The smallest absolute Gasteiger partial charge is 0.289 e. The van der Waals surface area contributed by atoms with Crippen molar-refractivity contribution in [3.63, 3.8) is 0 Å². The van der Waals surface area contributed by atoms with Crippen LogP contribution < -0.4 is 15.6 Å². The summed E-state index contributed by atoms with van der Waals surface area (Å²) in [6.07, 6.45) is 0. The minimum absolute atomic E-state index is 0.204. The Morgan fingerprint density at radius 2 is 1.81 bits per heavy atom. The van der Waals surface area contributed by atoms with E-state index in [2.05, 4.69) is 15.8 Å². The number of hydrogen-bond acceptors (Lipinski definition) is 6. The van der Waals surface area contributed by atoms with Gasteiger partial charge in [0.15, 0.2) is 6.61 Å². The van der Waals surface area contributed by atoms with Crippen molar-refractivity contribution in [2.24, 2.45) is 0 Å². The number of benzene rings is 2. The Labute approximate surface area is 159 Å². The molecule has 1 aromatic heterocycles. The number of rotatable bonds is 5. The summed E-state index contributed by atoms with van der Waals surface area (Å²) in [5.41, 5.74) is 5.99. The van der Waals surface area contributed by atoms with Crippen molar-refractivity contribution in [2.75, 3.05) is 6.61 Å². The molecule has 2 N–H and O–H groups in total. The third kappa shape index (κ3) is 4.68. The number of ether oxygens (including phenoxy) is 1. The quantitative estimate of drug-likeness (QED) is 0.664. The van der Waals surface area contributed by atoms with Crippen LogP contribution in [0.5, 0.6) is 5.75 Å². The molecule has 7 nitrogen and oxygen atoms in total. The number of carbonyl (C=O) groups is 2. The van der Waals surface area contributed by atoms with Gasteiger partial charge in [-0.15, -0.1) is 11.3 Å². The highest BCUT2D eigenvalue weighted by molar-refractivity contribution is 7.13. The molecular weight excluding hydrogens is 364 g/mol. The molecule has 0 fully saturated rings. The van der Waals surface area contributed by atoms with Crippen molar-refractivity contribution < 1.29 is 14.3 Å². The summed E-state index contributed by atoms with van der Waals surface area (Å²) in [6, 6.07) is 18.0. The van der Waals surface area contributed by atoms with E-state index >= 15 is 0 Å². The Morgan fingerprint density at radius 3 is 2.59 bits per heavy atom. The van der Waals surface area contributed by atoms with Gasteiger partial charge < -0.3 is 4.74 Å². The van der Waals surface area contributed by atoms with Gasteiger partial charge in [0.05, 0.1) is 5.56 Å². The SMILES string of the molecule is N#Cc1ccccc1OCC(=O)NNC(=O)c1csc(-c2ccccc2)n1. The second-order valence-corrected chi connectivity index (χ2v) is 6.16. The maximum atomic E-state index is 12.1. The molecule has 0 saturated heterocycles. The molecule has 27 heavy (non-hydrogen) atoms. The van der Waals surface area contributed by atoms with E-state index in [9.17, 15) is 9.59 Å². The topological polar surface area (TPSA) is 104 Å². The van der Waals surface area contributed by atoms with E-state index in [0.717, 1.165) is 5.56 Å². The minimum atomic E-state index is -0.561. The van der Waals surface area contributed by atoms with Crippen LogP contribution in [0.3, 0.4) is 0 Å². The van der Waals surface area contributed by atoms with Gasteiger partial charge in [-0.3, -0.25) is 20.4 Å². The molecule has 3 aromatic rings. The molecule has 0 aliphatic carbocycles. The Hall–Kier alpha value is -3.70. The van der Waals surface area contributed by atoms with Crippen LogP contribution in [-0.2, 0) is 4.79 Å². The summed E-state index contributed by atoms with van der Waals surface area (Å²) in [7, 11) is 0. The first kappa shape index (κ1) is 18.1. The predicted molar refractivity (Wildman–Crippen MR) is 99.8 cm³/mol. The molecule has 134 valence electrons. The first-order valence-electron chi connectivity index (χ1n) is 7.89. The highest BCUT2D eigenvalue weighted by Crippen LogP contribution is 2.23. The highest BCUT2D eigenvalue weighted by atomic mass is 32.1. The van der Waals surface area contributed by atoms with Crippen LogP contribution in [0.15, 0.2) is 60.0 Å². The molecule has 3 rings (SSSR count). The maximum absolute atomic E-state index is 12.1. The number of thiazole rings is 1. The lowest BCUT2D eigenvalue weighted by molar-refractivity contribution is -0.123. The van der Waals surface area contributed by atoms with Crippen molar-refractivity contribution in [1.29, 1.82) is 5.26 Å². The lowest BCUT2D eigenvalue weighted by atomic mass is 10.2. The Balaban J connectivity index is 1.51. The fraction of sp³-hybridized carbons (Fsp3) is 0.0526. The first-order valence-corrected chi connectivity index (χ1v) is 8.77. The highest BCUT2D eigenvalue weighted by Gasteiger charge is 2.13. The average Bonchev–Trinajstić information content (AvgIpc) is 3.21. The number of hydrazine groups is 1. The number of nitrogens with zero attached hydrogens (tertiary/aromatic N) is 2. The largest absolute Gasteiger partial charge is 0.482 e. The zero-order valence-corrected chi connectivity index (χ0v) is 14.8. The number of carbonyl (C=O) groups excluding carboxylic acids is 2. The molecule has 0 aliphatic rings. The van der Waals surface area contributed by atoms with E-state index < -0.39 is 11.8 Å². The summed E-state index contributed by atoms with van der Waals surface area (Å²) in [4.78, 5) is 28.2. The van der Waals surface area contributed by atoms with E-state index in [1.54, 1.807) is 29.6 Å². The number of nitrogens with one attached hydrogen (secondary N) is 2. The van der Waals surface area contributed by atoms with Crippen LogP contribution >= 0.6 is 11.3 Å². The van der Waals surface area contributed by atoms with Crippen LogP contribution in [0.25, 0.3) is 10.6 Å². The Kier molecular flexibility index (Phi) is 5.77. The van der Waals surface area contributed by atoms with E-state index in [1.165, 1.54) is 11.3 Å². The van der Waals surface area contributed by atoms with Crippen LogP contribution in [-0.4, -0.2) is 23.4 Å². The van der Waals surface area contributed by atoms with Gasteiger partial charge in [-0.2, -0.15) is 5.26 Å². The summed E-state index contributed by atoms with van der Waals surface area (Å²) in [5, 5.41) is 11.3. The number of nitriles is 1. The van der Waals surface area contributed by atoms with E-state index in [1.807, 2.05) is 36.4 Å². The molecule has 0 saturated carbocycles. The zero-order chi connectivity index (χ0) is 19.1. The summed E-state index contributed by atoms with van der Waals surface area (Å²) < 4.78 is 5.29. The molecule has 0 spiro atoms. The van der Waals surface area contributed by atoms with Crippen LogP contribution in [0.1, 0.15) is 16.1 Å². The third-order valence-electron chi connectivity index (χ3n) is 3.44. The standard InChI is InChI=1S/C19H14N4O3S/c20-10-14-8-4-5-9-16(14)26-11-17(24)22-23-18(25)15-12-27-19(21-15)13-6-2-1-3-7-13/h1-9,12H,11H2,(H,22,24)(H,23,25). The number of aromatic nitrogens is 1. The predicted octanol–water partition coefficient (Wildman–Crippen LogP) is 2.52. The molecule has 0 bridgehead atoms.